The molecule has 0 atom stereocenters. The molecule has 0 N–H and O–H groups in total. The predicted molar refractivity (Wildman–Crippen MR) is 224 cm³/mol. The predicted octanol–water partition coefficient (Wildman–Crippen LogP) is 13.9. The van der Waals surface area contributed by atoms with E-state index >= 15 is 0 Å². The number of nitrogens with zero attached hydrogens (tertiary/aromatic N) is 2. The van der Waals surface area contributed by atoms with E-state index < -0.39 is 0 Å². The summed E-state index contributed by atoms with van der Waals surface area (Å²) in [6.45, 7) is 2.24. The molecular formula is C49H32N2S. The van der Waals surface area contributed by atoms with Gasteiger partial charge in [0.15, 0.2) is 0 Å². The van der Waals surface area contributed by atoms with Gasteiger partial charge in [0.05, 0.1) is 22.1 Å². The summed E-state index contributed by atoms with van der Waals surface area (Å²) < 4.78 is 7.50. The molecule has 0 aliphatic rings. The maximum Gasteiger partial charge on any atom is 0.0541 e. The van der Waals surface area contributed by atoms with Gasteiger partial charge >= 0.3 is 0 Å². The van der Waals surface area contributed by atoms with Crippen LogP contribution in [0.15, 0.2) is 176 Å². The van der Waals surface area contributed by atoms with Crippen molar-refractivity contribution in [2.24, 2.45) is 0 Å². The molecule has 52 heavy (non-hydrogen) atoms. The van der Waals surface area contributed by atoms with Gasteiger partial charge in [-0.2, -0.15) is 0 Å². The van der Waals surface area contributed by atoms with Crippen molar-refractivity contribution in [1.82, 2.24) is 9.13 Å². The SMILES string of the molecule is Cc1cc(-c2ccc3sc4ccccc4c3c2)ccc1-n1c2ccccc2c2cc(-c3ccc4c(c3)c3ccccc3n4-c3ccccc3)ccc21. The van der Waals surface area contributed by atoms with E-state index in [1.54, 1.807) is 0 Å². The quantitative estimate of drug-likeness (QED) is 0.175. The van der Waals surface area contributed by atoms with Crippen molar-refractivity contribution >= 4 is 75.1 Å². The summed E-state index contributed by atoms with van der Waals surface area (Å²) in [5, 5.41) is 7.72. The molecule has 0 fully saturated rings. The van der Waals surface area contributed by atoms with Gasteiger partial charge in [-0.25, -0.2) is 0 Å². The summed E-state index contributed by atoms with van der Waals surface area (Å²) >= 11 is 1.87. The average Bonchev–Trinajstić information content (AvgIpc) is 3.85. The molecule has 0 aliphatic carbocycles. The van der Waals surface area contributed by atoms with Crippen LogP contribution in [-0.4, -0.2) is 9.13 Å². The molecule has 2 nitrogen and oxygen atoms in total. The van der Waals surface area contributed by atoms with Crippen molar-refractivity contribution in [2.75, 3.05) is 0 Å². The first-order valence-electron chi connectivity index (χ1n) is 17.8. The Balaban J connectivity index is 1.04. The first-order chi connectivity index (χ1) is 25.7. The molecular weight excluding hydrogens is 649 g/mol. The number of aromatic nitrogens is 2. The molecule has 11 rings (SSSR count). The molecule has 0 spiro atoms. The van der Waals surface area contributed by atoms with Crippen molar-refractivity contribution in [2.45, 2.75) is 6.92 Å². The van der Waals surface area contributed by atoms with E-state index in [-0.39, 0.29) is 0 Å². The molecule has 0 saturated heterocycles. The third kappa shape index (κ3) is 4.36. The van der Waals surface area contributed by atoms with Crippen LogP contribution in [0.3, 0.4) is 0 Å². The molecule has 3 heterocycles. The molecule has 0 radical (unpaired) electrons. The summed E-state index contributed by atoms with van der Waals surface area (Å²) in [6, 6.07) is 64.7. The van der Waals surface area contributed by atoms with Gasteiger partial charge in [0.2, 0.25) is 0 Å². The Morgan fingerprint density at radius 2 is 0.827 bits per heavy atom. The lowest BCUT2D eigenvalue weighted by Crippen LogP contribution is -1.97. The van der Waals surface area contributed by atoms with Crippen LogP contribution in [0.25, 0.3) is 97.4 Å². The van der Waals surface area contributed by atoms with Gasteiger partial charge in [0, 0.05) is 53.1 Å². The zero-order chi connectivity index (χ0) is 34.3. The number of thiophene rings is 1. The Morgan fingerprint density at radius 1 is 0.346 bits per heavy atom. The van der Waals surface area contributed by atoms with Crippen LogP contribution in [0, 0.1) is 6.92 Å². The fraction of sp³-hybridized carbons (Fsp3) is 0.0204. The maximum atomic E-state index is 2.44. The van der Waals surface area contributed by atoms with Gasteiger partial charge in [-0.1, -0.05) is 97.1 Å². The van der Waals surface area contributed by atoms with E-state index in [9.17, 15) is 0 Å². The van der Waals surface area contributed by atoms with Gasteiger partial charge in [-0.15, -0.1) is 11.3 Å². The van der Waals surface area contributed by atoms with E-state index in [1.165, 1.54) is 103 Å². The van der Waals surface area contributed by atoms with Crippen LogP contribution in [0.5, 0.6) is 0 Å². The van der Waals surface area contributed by atoms with Crippen molar-refractivity contribution in [3.63, 3.8) is 0 Å². The molecule has 0 unspecified atom stereocenters. The van der Waals surface area contributed by atoms with Crippen LogP contribution in [0.1, 0.15) is 5.56 Å². The van der Waals surface area contributed by atoms with Gasteiger partial charge in [-0.05, 0) is 114 Å². The molecule has 0 bridgehead atoms. The Kier molecular flexibility index (Phi) is 6.37. The zero-order valence-corrected chi connectivity index (χ0v) is 29.4. The van der Waals surface area contributed by atoms with Gasteiger partial charge < -0.3 is 9.13 Å². The molecule has 8 aromatic carbocycles. The molecule has 0 aliphatic heterocycles. The van der Waals surface area contributed by atoms with Gasteiger partial charge in [0.1, 0.15) is 0 Å². The number of benzene rings is 8. The molecule has 3 aromatic heterocycles. The molecule has 3 heteroatoms. The summed E-state index contributed by atoms with van der Waals surface area (Å²) in [5.74, 6) is 0. The second kappa shape index (κ2) is 11.3. The highest BCUT2D eigenvalue weighted by Crippen LogP contribution is 2.40. The Morgan fingerprint density at radius 3 is 1.52 bits per heavy atom. The van der Waals surface area contributed by atoms with Gasteiger partial charge in [0.25, 0.3) is 0 Å². The lowest BCUT2D eigenvalue weighted by atomic mass is 10.00. The van der Waals surface area contributed by atoms with Crippen molar-refractivity contribution in [1.29, 1.82) is 0 Å². The van der Waals surface area contributed by atoms with Gasteiger partial charge in [-0.3, -0.25) is 0 Å². The first kappa shape index (κ1) is 29.3. The Hall–Kier alpha value is -6.42. The van der Waals surface area contributed by atoms with Crippen molar-refractivity contribution < 1.29 is 0 Å². The lowest BCUT2D eigenvalue weighted by molar-refractivity contribution is 1.15. The second-order valence-corrected chi connectivity index (χ2v) is 14.9. The highest BCUT2D eigenvalue weighted by Gasteiger charge is 2.17. The van der Waals surface area contributed by atoms with Crippen molar-refractivity contribution in [3.8, 4) is 33.6 Å². The highest BCUT2D eigenvalue weighted by molar-refractivity contribution is 7.25. The van der Waals surface area contributed by atoms with E-state index in [0.29, 0.717) is 0 Å². The van der Waals surface area contributed by atoms with Crippen LogP contribution in [0.2, 0.25) is 0 Å². The summed E-state index contributed by atoms with van der Waals surface area (Å²) in [7, 11) is 0. The first-order valence-corrected chi connectivity index (χ1v) is 18.7. The Bertz CT molecular complexity index is 3190. The number of para-hydroxylation sites is 3. The number of hydrogen-bond acceptors (Lipinski definition) is 1. The fourth-order valence-corrected chi connectivity index (χ4v) is 9.50. The van der Waals surface area contributed by atoms with E-state index in [2.05, 4.69) is 192 Å². The number of aryl methyl sites for hydroxylation is 1. The number of fused-ring (bicyclic) bond motifs is 9. The average molecular weight is 681 g/mol. The van der Waals surface area contributed by atoms with E-state index in [0.717, 1.165) is 0 Å². The lowest BCUT2D eigenvalue weighted by Gasteiger charge is -2.13. The minimum atomic E-state index is 1.18. The normalized spacial score (nSPS) is 11.9. The van der Waals surface area contributed by atoms with E-state index in [1.807, 2.05) is 11.3 Å². The Labute approximate surface area is 305 Å². The molecule has 0 amide bonds. The third-order valence-electron chi connectivity index (χ3n) is 10.8. The van der Waals surface area contributed by atoms with Crippen LogP contribution >= 0.6 is 11.3 Å². The summed E-state index contributed by atoms with van der Waals surface area (Å²) in [5.41, 5.74) is 13.4. The standard InChI is InChI=1S/C49H32N2S/c1-31-27-32(35-22-26-49-42(30-35)39-15-7-10-18-48(39)52-49)19-23-43(31)51-45-17-9-6-14-38(45)41-29-34(21-25-47(41)51)33-20-24-46-40(28-33)37-13-5-8-16-44(37)50(46)36-11-3-2-4-12-36/h2-30H,1H3. The topological polar surface area (TPSA) is 9.86 Å². The highest BCUT2D eigenvalue weighted by atomic mass is 32.1. The number of rotatable bonds is 4. The summed E-state index contributed by atoms with van der Waals surface area (Å²) in [6.07, 6.45) is 0. The molecule has 11 aromatic rings. The van der Waals surface area contributed by atoms with E-state index in [4.69, 9.17) is 0 Å². The third-order valence-corrected chi connectivity index (χ3v) is 12.0. The smallest absolute Gasteiger partial charge is 0.0541 e. The number of hydrogen-bond donors (Lipinski definition) is 0. The monoisotopic (exact) mass is 680 g/mol. The summed E-state index contributed by atoms with van der Waals surface area (Å²) in [4.78, 5) is 0. The largest absolute Gasteiger partial charge is 0.309 e. The van der Waals surface area contributed by atoms with Crippen LogP contribution < -0.4 is 0 Å². The molecule has 244 valence electrons. The molecule has 0 saturated carbocycles. The maximum absolute atomic E-state index is 2.44. The fourth-order valence-electron chi connectivity index (χ4n) is 8.41. The second-order valence-electron chi connectivity index (χ2n) is 13.8. The van der Waals surface area contributed by atoms with Crippen molar-refractivity contribution in [3.05, 3.63) is 181 Å². The minimum Gasteiger partial charge on any atom is -0.309 e. The van der Waals surface area contributed by atoms with Crippen LogP contribution in [-0.2, 0) is 0 Å². The zero-order valence-electron chi connectivity index (χ0n) is 28.5. The minimum absolute atomic E-state index is 1.18. The van der Waals surface area contributed by atoms with Crippen LogP contribution in [0.4, 0.5) is 0 Å².